The van der Waals surface area contributed by atoms with Gasteiger partial charge in [0, 0.05) is 0 Å². The van der Waals surface area contributed by atoms with Crippen LogP contribution in [-0.4, -0.2) is 19.7 Å². The van der Waals surface area contributed by atoms with Crippen molar-refractivity contribution >= 4 is 5.97 Å². The lowest BCUT2D eigenvalue weighted by molar-refractivity contribution is -0.140. The zero-order chi connectivity index (χ0) is 15.1. The van der Waals surface area contributed by atoms with Gasteiger partial charge in [-0.05, 0) is 54.9 Å². The van der Waals surface area contributed by atoms with E-state index in [2.05, 4.69) is 6.08 Å². The number of benzene rings is 1. The molecule has 0 bridgehead atoms. The molecule has 3 nitrogen and oxygen atoms in total. The van der Waals surface area contributed by atoms with Gasteiger partial charge in [-0.3, -0.25) is 4.79 Å². The lowest BCUT2D eigenvalue weighted by Gasteiger charge is -2.15. The van der Waals surface area contributed by atoms with Gasteiger partial charge in [0.2, 0.25) is 0 Å². The maximum atomic E-state index is 11.3. The molecule has 114 valence electrons. The molecule has 2 rings (SSSR count). The Morgan fingerprint density at radius 2 is 2.00 bits per heavy atom. The lowest BCUT2D eigenvalue weighted by atomic mass is 9.98. The van der Waals surface area contributed by atoms with Gasteiger partial charge in [0.1, 0.15) is 12.4 Å². The van der Waals surface area contributed by atoms with Crippen LogP contribution in [0.3, 0.4) is 0 Å². The predicted molar refractivity (Wildman–Crippen MR) is 83.5 cm³/mol. The second kappa shape index (κ2) is 7.87. The first-order chi connectivity index (χ1) is 10.2. The third-order valence-corrected chi connectivity index (χ3v) is 3.96. The van der Waals surface area contributed by atoms with Crippen molar-refractivity contribution in [2.75, 3.05) is 13.7 Å². The summed E-state index contributed by atoms with van der Waals surface area (Å²) < 4.78 is 10.5. The van der Waals surface area contributed by atoms with E-state index in [-0.39, 0.29) is 11.9 Å². The maximum absolute atomic E-state index is 11.3. The number of hydrogen-bond donors (Lipinski definition) is 0. The number of hydrogen-bond acceptors (Lipinski definition) is 3. The standard InChI is InChI=1S/C18H24O3/c1-14(12-18(19)20-2)16-8-10-17(11-9-16)21-13-15-6-4-3-5-7-15/h6,8-11,14H,3-5,7,12-13H2,1-2H3/t14-/m0/s1. The minimum atomic E-state index is -0.174. The van der Waals surface area contributed by atoms with E-state index >= 15 is 0 Å². The molecule has 1 atom stereocenters. The predicted octanol–water partition coefficient (Wildman–Crippen LogP) is 4.23. The summed E-state index contributed by atoms with van der Waals surface area (Å²) in [7, 11) is 1.42. The Morgan fingerprint density at radius 1 is 1.24 bits per heavy atom. The molecule has 0 heterocycles. The average Bonchev–Trinajstić information content (AvgIpc) is 2.54. The molecule has 0 spiro atoms. The molecule has 0 saturated heterocycles. The summed E-state index contributed by atoms with van der Waals surface area (Å²) in [6.07, 6.45) is 7.63. The van der Waals surface area contributed by atoms with Gasteiger partial charge in [0.15, 0.2) is 0 Å². The highest BCUT2D eigenvalue weighted by molar-refractivity contribution is 5.70. The highest BCUT2D eigenvalue weighted by atomic mass is 16.5. The van der Waals surface area contributed by atoms with E-state index in [1.165, 1.54) is 31.9 Å². The second-order valence-electron chi connectivity index (χ2n) is 5.65. The molecule has 0 N–H and O–H groups in total. The summed E-state index contributed by atoms with van der Waals surface area (Å²) in [6.45, 7) is 2.72. The fraction of sp³-hybridized carbons (Fsp3) is 0.500. The largest absolute Gasteiger partial charge is 0.489 e. The first-order valence-electron chi connectivity index (χ1n) is 7.66. The summed E-state index contributed by atoms with van der Waals surface area (Å²) in [5.41, 5.74) is 2.54. The smallest absolute Gasteiger partial charge is 0.306 e. The Bertz CT molecular complexity index is 488. The van der Waals surface area contributed by atoms with Crippen molar-refractivity contribution in [3.8, 4) is 5.75 Å². The van der Waals surface area contributed by atoms with Crippen molar-refractivity contribution in [3.05, 3.63) is 41.5 Å². The molecule has 0 saturated carbocycles. The minimum absolute atomic E-state index is 0.160. The molecule has 0 amide bonds. The number of carbonyl (C=O) groups is 1. The normalized spacial score (nSPS) is 16.0. The first kappa shape index (κ1) is 15.6. The van der Waals surface area contributed by atoms with Crippen LogP contribution < -0.4 is 4.74 Å². The summed E-state index contributed by atoms with van der Waals surface area (Å²) in [6, 6.07) is 8.01. The molecule has 1 aliphatic rings. The van der Waals surface area contributed by atoms with E-state index in [1.807, 2.05) is 31.2 Å². The Hall–Kier alpha value is -1.77. The van der Waals surface area contributed by atoms with Crippen molar-refractivity contribution in [1.29, 1.82) is 0 Å². The summed E-state index contributed by atoms with van der Waals surface area (Å²) in [4.78, 5) is 11.3. The number of rotatable bonds is 6. The van der Waals surface area contributed by atoms with Gasteiger partial charge in [0.05, 0.1) is 13.5 Å². The Balaban J connectivity index is 1.86. The topological polar surface area (TPSA) is 35.5 Å². The van der Waals surface area contributed by atoms with Crippen LogP contribution in [0.25, 0.3) is 0 Å². The molecule has 0 aliphatic heterocycles. The third-order valence-electron chi connectivity index (χ3n) is 3.96. The van der Waals surface area contributed by atoms with Crippen LogP contribution in [0.5, 0.6) is 5.75 Å². The zero-order valence-electron chi connectivity index (χ0n) is 12.9. The molecule has 0 aromatic heterocycles. The second-order valence-corrected chi connectivity index (χ2v) is 5.65. The van der Waals surface area contributed by atoms with Crippen molar-refractivity contribution in [1.82, 2.24) is 0 Å². The van der Waals surface area contributed by atoms with Crippen LogP contribution in [-0.2, 0) is 9.53 Å². The maximum Gasteiger partial charge on any atom is 0.306 e. The monoisotopic (exact) mass is 288 g/mol. The summed E-state index contributed by atoms with van der Waals surface area (Å²) in [5.74, 6) is 0.870. The van der Waals surface area contributed by atoms with Gasteiger partial charge in [-0.2, -0.15) is 0 Å². The number of allylic oxidation sites excluding steroid dienone is 1. The van der Waals surface area contributed by atoms with Crippen molar-refractivity contribution < 1.29 is 14.3 Å². The molecular formula is C18H24O3. The molecule has 21 heavy (non-hydrogen) atoms. The Labute approximate surface area is 127 Å². The van der Waals surface area contributed by atoms with E-state index in [4.69, 9.17) is 9.47 Å². The molecule has 0 unspecified atom stereocenters. The minimum Gasteiger partial charge on any atom is -0.489 e. The van der Waals surface area contributed by atoms with Gasteiger partial charge in [0.25, 0.3) is 0 Å². The van der Waals surface area contributed by atoms with Crippen LogP contribution in [0.15, 0.2) is 35.9 Å². The van der Waals surface area contributed by atoms with Gasteiger partial charge in [-0.15, -0.1) is 0 Å². The number of esters is 1. The average molecular weight is 288 g/mol. The summed E-state index contributed by atoms with van der Waals surface area (Å²) in [5, 5.41) is 0. The molecule has 1 aromatic carbocycles. The Kier molecular flexibility index (Phi) is 5.85. The number of carbonyl (C=O) groups excluding carboxylic acids is 1. The van der Waals surface area contributed by atoms with Crippen molar-refractivity contribution in [2.24, 2.45) is 0 Å². The zero-order valence-corrected chi connectivity index (χ0v) is 12.9. The van der Waals surface area contributed by atoms with Gasteiger partial charge >= 0.3 is 5.97 Å². The van der Waals surface area contributed by atoms with E-state index in [9.17, 15) is 4.79 Å². The van der Waals surface area contributed by atoms with Crippen molar-refractivity contribution in [2.45, 2.75) is 44.9 Å². The fourth-order valence-electron chi connectivity index (χ4n) is 2.56. The Morgan fingerprint density at radius 3 is 2.62 bits per heavy atom. The van der Waals surface area contributed by atoms with Gasteiger partial charge in [-0.1, -0.05) is 25.1 Å². The molecule has 3 heteroatoms. The van der Waals surface area contributed by atoms with Crippen LogP contribution in [0.4, 0.5) is 0 Å². The molecule has 0 radical (unpaired) electrons. The molecule has 0 fully saturated rings. The SMILES string of the molecule is COC(=O)C[C@H](C)c1ccc(OCC2=CCCCC2)cc1. The first-order valence-corrected chi connectivity index (χ1v) is 7.66. The lowest BCUT2D eigenvalue weighted by Crippen LogP contribution is -2.06. The number of methoxy groups -OCH3 is 1. The number of ether oxygens (including phenoxy) is 2. The fourth-order valence-corrected chi connectivity index (χ4v) is 2.56. The van der Waals surface area contributed by atoms with Crippen molar-refractivity contribution in [3.63, 3.8) is 0 Å². The molecule has 1 aromatic rings. The van der Waals surface area contributed by atoms with E-state index in [0.29, 0.717) is 13.0 Å². The van der Waals surface area contributed by atoms with Crippen LogP contribution in [0, 0.1) is 0 Å². The van der Waals surface area contributed by atoms with Crippen LogP contribution >= 0.6 is 0 Å². The van der Waals surface area contributed by atoms with Crippen LogP contribution in [0.1, 0.15) is 50.5 Å². The quantitative estimate of drug-likeness (QED) is 0.580. The van der Waals surface area contributed by atoms with Crippen LogP contribution in [0.2, 0.25) is 0 Å². The molecular weight excluding hydrogens is 264 g/mol. The van der Waals surface area contributed by atoms with Gasteiger partial charge < -0.3 is 9.47 Å². The highest BCUT2D eigenvalue weighted by Crippen LogP contribution is 2.23. The van der Waals surface area contributed by atoms with E-state index in [0.717, 1.165) is 17.7 Å². The van der Waals surface area contributed by atoms with Gasteiger partial charge in [-0.25, -0.2) is 0 Å². The summed E-state index contributed by atoms with van der Waals surface area (Å²) >= 11 is 0. The van der Waals surface area contributed by atoms with E-state index in [1.54, 1.807) is 0 Å². The highest BCUT2D eigenvalue weighted by Gasteiger charge is 2.11. The van der Waals surface area contributed by atoms with E-state index < -0.39 is 0 Å². The third kappa shape index (κ3) is 4.92. The molecule has 1 aliphatic carbocycles.